The third-order valence-electron chi connectivity index (χ3n) is 4.57. The van der Waals surface area contributed by atoms with E-state index in [0.29, 0.717) is 39.8 Å². The van der Waals surface area contributed by atoms with Gasteiger partial charge < -0.3 is 30.2 Å². The molecule has 29 heavy (non-hydrogen) atoms. The average Bonchev–Trinajstić information content (AvgIpc) is 2.72. The minimum atomic E-state index is -0.707. The first-order valence-corrected chi connectivity index (χ1v) is 8.93. The summed E-state index contributed by atoms with van der Waals surface area (Å²) in [6, 6.07) is 11.4. The first-order chi connectivity index (χ1) is 14.0. The molecule has 0 bridgehead atoms. The number of rotatable bonds is 6. The van der Waals surface area contributed by atoms with Crippen molar-refractivity contribution in [2.45, 2.75) is 13.0 Å². The lowest BCUT2D eigenvalue weighted by molar-refractivity contribution is -0.113. The van der Waals surface area contributed by atoms with Crippen LogP contribution in [0, 0.1) is 0 Å². The number of nitrogens with one attached hydrogen (secondary N) is 3. The fourth-order valence-electron chi connectivity index (χ4n) is 3.23. The Morgan fingerprint density at radius 3 is 2.17 bits per heavy atom. The van der Waals surface area contributed by atoms with Crippen molar-refractivity contribution in [1.29, 1.82) is 0 Å². The van der Waals surface area contributed by atoms with Crippen molar-refractivity contribution in [2.24, 2.45) is 0 Å². The Balaban J connectivity index is 2.05. The van der Waals surface area contributed by atoms with Crippen LogP contribution < -0.4 is 30.2 Å². The number of urea groups is 1. The van der Waals surface area contributed by atoms with Crippen molar-refractivity contribution in [3.05, 3.63) is 59.3 Å². The lowest BCUT2D eigenvalue weighted by Crippen LogP contribution is -2.46. The van der Waals surface area contributed by atoms with E-state index in [2.05, 4.69) is 16.0 Å². The fraction of sp³-hybridized carbons (Fsp3) is 0.238. The molecule has 8 heteroatoms. The van der Waals surface area contributed by atoms with E-state index in [4.69, 9.17) is 14.2 Å². The maximum absolute atomic E-state index is 13.1. The summed E-state index contributed by atoms with van der Waals surface area (Å²) in [5, 5.41) is 8.32. The molecule has 0 saturated carbocycles. The highest BCUT2D eigenvalue weighted by molar-refractivity contribution is 6.06. The molecule has 2 aromatic carbocycles. The van der Waals surface area contributed by atoms with E-state index in [0.717, 1.165) is 0 Å². The fourth-order valence-corrected chi connectivity index (χ4v) is 3.23. The zero-order valence-electron chi connectivity index (χ0n) is 16.7. The summed E-state index contributed by atoms with van der Waals surface area (Å²) in [6.45, 7) is 1.68. The highest BCUT2D eigenvalue weighted by Crippen LogP contribution is 2.41. The predicted octanol–water partition coefficient (Wildman–Crippen LogP) is 2.98. The first-order valence-electron chi connectivity index (χ1n) is 8.93. The number of allylic oxidation sites excluding steroid dienone is 1. The number of hydrogen-bond donors (Lipinski definition) is 3. The van der Waals surface area contributed by atoms with Gasteiger partial charge in [0.25, 0.3) is 5.91 Å². The molecule has 3 rings (SSSR count). The van der Waals surface area contributed by atoms with Gasteiger partial charge in [0.15, 0.2) is 11.5 Å². The highest BCUT2D eigenvalue weighted by Gasteiger charge is 2.32. The summed E-state index contributed by atoms with van der Waals surface area (Å²) in [5.74, 6) is 0.945. The quantitative estimate of drug-likeness (QED) is 0.696. The molecule has 152 valence electrons. The number of para-hydroxylation sites is 1. The molecule has 1 aliphatic rings. The molecule has 2 aromatic rings. The van der Waals surface area contributed by atoms with Gasteiger partial charge in [0, 0.05) is 11.4 Å². The summed E-state index contributed by atoms with van der Waals surface area (Å²) in [7, 11) is 4.52. The lowest BCUT2D eigenvalue weighted by atomic mass is 9.94. The normalized spacial score (nSPS) is 15.9. The van der Waals surface area contributed by atoms with Crippen LogP contribution in [-0.2, 0) is 4.79 Å². The van der Waals surface area contributed by atoms with Gasteiger partial charge in [-0.15, -0.1) is 0 Å². The number of carbonyl (C=O) groups excluding carboxylic acids is 2. The zero-order chi connectivity index (χ0) is 21.0. The van der Waals surface area contributed by atoms with Crippen LogP contribution in [0.4, 0.5) is 10.5 Å². The van der Waals surface area contributed by atoms with Gasteiger partial charge >= 0.3 is 6.03 Å². The molecule has 3 N–H and O–H groups in total. The van der Waals surface area contributed by atoms with Gasteiger partial charge in [0.1, 0.15) is 0 Å². The van der Waals surface area contributed by atoms with Crippen LogP contribution in [0.3, 0.4) is 0 Å². The molecule has 8 nitrogen and oxygen atoms in total. The average molecular weight is 397 g/mol. The molecule has 1 aliphatic heterocycles. The Labute approximate surface area is 168 Å². The molecule has 0 aromatic heterocycles. The maximum atomic E-state index is 13.1. The van der Waals surface area contributed by atoms with E-state index >= 15 is 0 Å². The second-order valence-corrected chi connectivity index (χ2v) is 6.35. The van der Waals surface area contributed by atoms with Gasteiger partial charge in [-0.05, 0) is 36.8 Å². The molecular formula is C21H23N3O5. The Morgan fingerprint density at radius 2 is 1.62 bits per heavy atom. The summed E-state index contributed by atoms with van der Waals surface area (Å²) in [5.41, 5.74) is 2.11. The van der Waals surface area contributed by atoms with E-state index in [1.807, 2.05) is 18.2 Å². The highest BCUT2D eigenvalue weighted by atomic mass is 16.5. The minimum Gasteiger partial charge on any atom is -0.493 e. The molecule has 0 fully saturated rings. The van der Waals surface area contributed by atoms with E-state index in [1.54, 1.807) is 31.2 Å². The number of amides is 3. The van der Waals surface area contributed by atoms with Gasteiger partial charge in [-0.2, -0.15) is 0 Å². The van der Waals surface area contributed by atoms with Gasteiger partial charge in [0.2, 0.25) is 5.75 Å². The van der Waals surface area contributed by atoms with Gasteiger partial charge in [-0.3, -0.25) is 4.79 Å². The van der Waals surface area contributed by atoms with Gasteiger partial charge in [0.05, 0.1) is 32.9 Å². The third kappa shape index (κ3) is 4.11. The Bertz CT molecular complexity index is 931. The summed E-state index contributed by atoms with van der Waals surface area (Å²) >= 11 is 0. The van der Waals surface area contributed by atoms with Crippen molar-refractivity contribution < 1.29 is 23.8 Å². The van der Waals surface area contributed by atoms with Crippen LogP contribution in [-0.4, -0.2) is 33.3 Å². The van der Waals surface area contributed by atoms with E-state index in [-0.39, 0.29) is 5.91 Å². The largest absolute Gasteiger partial charge is 0.493 e. The van der Waals surface area contributed by atoms with Crippen LogP contribution in [0.25, 0.3) is 0 Å². The van der Waals surface area contributed by atoms with Crippen LogP contribution >= 0.6 is 0 Å². The molecule has 1 atom stereocenters. The Hall–Kier alpha value is -3.68. The van der Waals surface area contributed by atoms with Crippen molar-refractivity contribution >= 4 is 17.6 Å². The molecule has 3 amide bonds. The van der Waals surface area contributed by atoms with Crippen molar-refractivity contribution in [3.8, 4) is 17.2 Å². The van der Waals surface area contributed by atoms with Crippen LogP contribution in [0.15, 0.2) is 53.7 Å². The number of benzene rings is 2. The molecular weight excluding hydrogens is 374 g/mol. The van der Waals surface area contributed by atoms with E-state index < -0.39 is 12.1 Å². The smallest absolute Gasteiger partial charge is 0.319 e. The monoisotopic (exact) mass is 397 g/mol. The predicted molar refractivity (Wildman–Crippen MR) is 108 cm³/mol. The van der Waals surface area contributed by atoms with Crippen molar-refractivity contribution in [2.75, 3.05) is 26.6 Å². The van der Waals surface area contributed by atoms with E-state index in [9.17, 15) is 9.59 Å². The molecule has 0 saturated heterocycles. The standard InChI is InChI=1S/C21H23N3O5/c1-12-17(20(25)23-14-8-6-5-7-9-14)18(24-21(26)22-12)13-10-15(27-2)19(29-4)16(11-13)28-3/h5-11,18H,1-4H3,(H,23,25)(H2,22,24,26). The second kappa shape index (κ2) is 8.55. The summed E-state index contributed by atoms with van der Waals surface area (Å²) in [4.78, 5) is 25.2. The van der Waals surface area contributed by atoms with Gasteiger partial charge in [-0.1, -0.05) is 18.2 Å². The first kappa shape index (κ1) is 20.1. The summed E-state index contributed by atoms with van der Waals surface area (Å²) < 4.78 is 16.2. The molecule has 0 spiro atoms. The van der Waals surface area contributed by atoms with Crippen LogP contribution in [0.1, 0.15) is 18.5 Å². The molecule has 1 unspecified atom stereocenters. The number of hydrogen-bond acceptors (Lipinski definition) is 5. The second-order valence-electron chi connectivity index (χ2n) is 6.35. The SMILES string of the molecule is COc1cc(C2NC(=O)NC(C)=C2C(=O)Nc2ccccc2)cc(OC)c1OC. The van der Waals surface area contributed by atoms with Crippen LogP contribution in [0.5, 0.6) is 17.2 Å². The zero-order valence-corrected chi connectivity index (χ0v) is 16.7. The third-order valence-corrected chi connectivity index (χ3v) is 4.57. The maximum Gasteiger partial charge on any atom is 0.319 e. The Kier molecular flexibility index (Phi) is 5.92. The number of ether oxygens (including phenoxy) is 3. The van der Waals surface area contributed by atoms with E-state index in [1.165, 1.54) is 21.3 Å². The Morgan fingerprint density at radius 1 is 1.00 bits per heavy atom. The molecule has 0 aliphatic carbocycles. The van der Waals surface area contributed by atoms with Crippen molar-refractivity contribution in [3.63, 3.8) is 0 Å². The lowest BCUT2D eigenvalue weighted by Gasteiger charge is -2.29. The summed E-state index contributed by atoms with van der Waals surface area (Å²) in [6.07, 6.45) is 0. The van der Waals surface area contributed by atoms with Crippen LogP contribution in [0.2, 0.25) is 0 Å². The topological polar surface area (TPSA) is 97.9 Å². The number of carbonyl (C=O) groups is 2. The molecule has 0 radical (unpaired) electrons. The number of anilines is 1. The van der Waals surface area contributed by atoms with Gasteiger partial charge in [-0.25, -0.2) is 4.79 Å². The molecule has 1 heterocycles. The minimum absolute atomic E-state index is 0.333. The van der Waals surface area contributed by atoms with Crippen molar-refractivity contribution in [1.82, 2.24) is 10.6 Å². The number of methoxy groups -OCH3 is 3.